The number of halogens is 1. The number of carbonyl (C=O) groups is 1. The van der Waals surface area contributed by atoms with Crippen LogP contribution in [0.1, 0.15) is 22.7 Å². The molecule has 0 bridgehead atoms. The average Bonchev–Trinajstić information content (AvgIpc) is 3.36. The lowest BCUT2D eigenvalue weighted by atomic mass is 10.0. The van der Waals surface area contributed by atoms with E-state index in [4.69, 9.17) is 21.1 Å². The Balaban J connectivity index is 1.75. The smallest absolute Gasteiger partial charge is 0.256 e. The quantitative estimate of drug-likeness (QED) is 0.610. The topological polar surface area (TPSA) is 90.3 Å². The molecule has 10 heteroatoms. The van der Waals surface area contributed by atoms with Gasteiger partial charge in [0.15, 0.2) is 0 Å². The highest BCUT2D eigenvalue weighted by Gasteiger charge is 2.34. The van der Waals surface area contributed by atoms with Crippen LogP contribution >= 0.6 is 22.9 Å². The molecule has 1 amide bonds. The largest absolute Gasteiger partial charge is 0.495 e. The summed E-state index contributed by atoms with van der Waals surface area (Å²) in [7, 11) is 3.03. The van der Waals surface area contributed by atoms with Gasteiger partial charge in [-0.25, -0.2) is 4.68 Å². The Labute approximate surface area is 182 Å². The number of fused-ring (bicyclic) bond motifs is 1. The summed E-state index contributed by atoms with van der Waals surface area (Å²) in [5.41, 5.74) is 1.68. The summed E-state index contributed by atoms with van der Waals surface area (Å²) in [6.45, 7) is 3.87. The number of aryl methyl sites for hydroxylation is 1. The van der Waals surface area contributed by atoms with Crippen LogP contribution in [0.15, 0.2) is 41.9 Å². The maximum atomic E-state index is 13.5. The van der Waals surface area contributed by atoms with Gasteiger partial charge in [0.1, 0.15) is 23.9 Å². The third kappa shape index (κ3) is 3.50. The number of carbonyl (C=O) groups excluding carboxylic acids is 1. The number of thiophene rings is 1. The molecule has 1 unspecified atom stereocenters. The number of amides is 1. The van der Waals surface area contributed by atoms with Crippen LogP contribution in [0.5, 0.6) is 11.5 Å². The summed E-state index contributed by atoms with van der Waals surface area (Å²) >= 11 is 7.80. The van der Waals surface area contributed by atoms with Gasteiger partial charge >= 0.3 is 0 Å². The highest BCUT2D eigenvalue weighted by molar-refractivity contribution is 7.12. The van der Waals surface area contributed by atoms with Crippen LogP contribution in [0.2, 0.25) is 5.02 Å². The first kappa shape index (κ1) is 20.2. The van der Waals surface area contributed by atoms with Crippen molar-refractivity contribution in [2.24, 2.45) is 0 Å². The maximum absolute atomic E-state index is 13.5. The van der Waals surface area contributed by atoms with Crippen LogP contribution in [-0.2, 0) is 4.79 Å². The third-order valence-electron chi connectivity index (χ3n) is 4.79. The van der Waals surface area contributed by atoms with E-state index in [1.807, 2.05) is 26.0 Å². The van der Waals surface area contributed by atoms with Crippen LogP contribution in [0, 0.1) is 6.92 Å². The Kier molecular flexibility index (Phi) is 5.40. The molecule has 0 spiro atoms. The molecule has 8 nitrogen and oxygen atoms in total. The van der Waals surface area contributed by atoms with Crippen molar-refractivity contribution in [3.63, 3.8) is 0 Å². The SMILES string of the molecule is COc1cc(NC(=O)C2=C(C)Nc3ncnn3C2c2ccc(C)s2)c(OC)cc1Cl. The fourth-order valence-electron chi connectivity index (χ4n) is 3.40. The lowest BCUT2D eigenvalue weighted by Gasteiger charge is -2.28. The van der Waals surface area contributed by atoms with E-state index in [9.17, 15) is 4.79 Å². The summed E-state index contributed by atoms with van der Waals surface area (Å²) in [4.78, 5) is 19.8. The molecule has 1 aliphatic rings. The number of hydrogen-bond acceptors (Lipinski definition) is 7. The van der Waals surface area contributed by atoms with Crippen molar-refractivity contribution in [2.75, 3.05) is 24.9 Å². The number of hydrogen-bond donors (Lipinski definition) is 2. The lowest BCUT2D eigenvalue weighted by molar-refractivity contribution is -0.113. The molecular formula is C20H20ClN5O3S. The van der Waals surface area contributed by atoms with Gasteiger partial charge in [0, 0.05) is 27.6 Å². The number of ether oxygens (including phenoxy) is 2. The molecule has 0 fully saturated rings. The number of rotatable bonds is 5. The zero-order valence-electron chi connectivity index (χ0n) is 16.8. The molecule has 0 saturated heterocycles. The first-order chi connectivity index (χ1) is 14.4. The Hall–Kier alpha value is -3.04. The van der Waals surface area contributed by atoms with Crippen LogP contribution < -0.4 is 20.1 Å². The van der Waals surface area contributed by atoms with E-state index in [1.165, 1.54) is 20.5 Å². The molecule has 3 aromatic rings. The molecule has 1 aliphatic heterocycles. The molecule has 4 rings (SSSR count). The van der Waals surface area contributed by atoms with Gasteiger partial charge in [-0.3, -0.25) is 4.79 Å². The van der Waals surface area contributed by atoms with Gasteiger partial charge in [0.05, 0.1) is 30.5 Å². The van der Waals surface area contributed by atoms with E-state index in [-0.39, 0.29) is 5.91 Å². The molecule has 2 N–H and O–H groups in total. The predicted molar refractivity (Wildman–Crippen MR) is 117 cm³/mol. The molecular weight excluding hydrogens is 426 g/mol. The van der Waals surface area contributed by atoms with Gasteiger partial charge in [-0.2, -0.15) is 10.1 Å². The fourth-order valence-corrected chi connectivity index (χ4v) is 4.60. The average molecular weight is 446 g/mol. The van der Waals surface area contributed by atoms with Crippen LogP contribution in [0.25, 0.3) is 0 Å². The van der Waals surface area contributed by atoms with Gasteiger partial charge in [0.2, 0.25) is 5.95 Å². The normalized spacial score (nSPS) is 15.4. The van der Waals surface area contributed by atoms with E-state index >= 15 is 0 Å². The molecule has 0 saturated carbocycles. The number of benzene rings is 1. The summed E-state index contributed by atoms with van der Waals surface area (Å²) in [6, 6.07) is 6.87. The molecule has 30 heavy (non-hydrogen) atoms. The van der Waals surface area contributed by atoms with Gasteiger partial charge in [-0.05, 0) is 26.0 Å². The molecule has 1 aromatic carbocycles. The molecule has 2 aromatic heterocycles. The van der Waals surface area contributed by atoms with E-state index in [0.29, 0.717) is 39.4 Å². The van der Waals surface area contributed by atoms with Crippen LogP contribution in [0.3, 0.4) is 0 Å². The highest BCUT2D eigenvalue weighted by Crippen LogP contribution is 2.40. The number of nitrogens with zero attached hydrogens (tertiary/aromatic N) is 3. The minimum Gasteiger partial charge on any atom is -0.495 e. The Bertz CT molecular complexity index is 1150. The second-order valence-electron chi connectivity index (χ2n) is 6.68. The van der Waals surface area contributed by atoms with E-state index in [1.54, 1.807) is 28.2 Å². The second-order valence-corrected chi connectivity index (χ2v) is 8.41. The lowest BCUT2D eigenvalue weighted by Crippen LogP contribution is -2.31. The summed E-state index contributed by atoms with van der Waals surface area (Å²) in [6.07, 6.45) is 1.47. The molecule has 0 radical (unpaired) electrons. The van der Waals surface area contributed by atoms with Gasteiger partial charge in [-0.1, -0.05) is 11.6 Å². The Morgan fingerprint density at radius 3 is 2.67 bits per heavy atom. The molecule has 1 atom stereocenters. The third-order valence-corrected chi connectivity index (χ3v) is 6.14. The van der Waals surface area contributed by atoms with Crippen LogP contribution in [-0.4, -0.2) is 34.9 Å². The van der Waals surface area contributed by atoms with Crippen molar-refractivity contribution < 1.29 is 14.3 Å². The highest BCUT2D eigenvalue weighted by atomic mass is 35.5. The summed E-state index contributed by atoms with van der Waals surface area (Å²) in [5, 5.41) is 10.8. The van der Waals surface area contributed by atoms with Gasteiger partial charge in [0.25, 0.3) is 5.91 Å². The predicted octanol–water partition coefficient (Wildman–Crippen LogP) is 4.25. The zero-order valence-corrected chi connectivity index (χ0v) is 18.4. The summed E-state index contributed by atoms with van der Waals surface area (Å²) < 4.78 is 12.4. The Morgan fingerprint density at radius 2 is 2.00 bits per heavy atom. The minimum absolute atomic E-state index is 0.292. The molecule has 0 aliphatic carbocycles. The summed E-state index contributed by atoms with van der Waals surface area (Å²) in [5.74, 6) is 1.16. The van der Waals surface area contributed by atoms with Crippen molar-refractivity contribution in [3.05, 3.63) is 56.6 Å². The van der Waals surface area contributed by atoms with Crippen molar-refractivity contribution in [1.29, 1.82) is 0 Å². The number of allylic oxidation sites excluding steroid dienone is 1. The van der Waals surface area contributed by atoms with Gasteiger partial charge in [-0.15, -0.1) is 11.3 Å². The zero-order chi connectivity index (χ0) is 21.4. The maximum Gasteiger partial charge on any atom is 0.256 e. The fraction of sp³-hybridized carbons (Fsp3) is 0.250. The van der Waals surface area contributed by atoms with Crippen molar-refractivity contribution >= 4 is 40.5 Å². The monoisotopic (exact) mass is 445 g/mol. The standard InChI is InChI=1S/C20H20ClN5O3S/c1-10-5-6-16(30-10)18-17(11(2)24-20-22-9-23-26(18)20)19(27)25-13-8-14(28-3)12(21)7-15(13)29-4/h5-9,18H,1-4H3,(H,25,27)(H,22,23,24). The van der Waals surface area contributed by atoms with Gasteiger partial charge < -0.3 is 20.1 Å². The first-order valence-electron chi connectivity index (χ1n) is 9.09. The number of aromatic nitrogens is 3. The number of nitrogens with one attached hydrogen (secondary N) is 2. The second kappa shape index (κ2) is 8.00. The van der Waals surface area contributed by atoms with E-state index in [2.05, 4.69) is 20.7 Å². The molecule has 156 valence electrons. The van der Waals surface area contributed by atoms with E-state index in [0.717, 1.165) is 9.75 Å². The van der Waals surface area contributed by atoms with Crippen molar-refractivity contribution in [2.45, 2.75) is 19.9 Å². The Morgan fingerprint density at radius 1 is 1.23 bits per heavy atom. The minimum atomic E-state index is -0.400. The van der Waals surface area contributed by atoms with Crippen LogP contribution in [0.4, 0.5) is 11.6 Å². The molecule has 3 heterocycles. The van der Waals surface area contributed by atoms with E-state index < -0.39 is 6.04 Å². The number of methoxy groups -OCH3 is 2. The first-order valence-corrected chi connectivity index (χ1v) is 10.3. The number of anilines is 2. The van der Waals surface area contributed by atoms with Crippen molar-refractivity contribution in [3.8, 4) is 11.5 Å². The van der Waals surface area contributed by atoms with Crippen molar-refractivity contribution in [1.82, 2.24) is 14.8 Å².